The van der Waals surface area contributed by atoms with Gasteiger partial charge in [-0.05, 0) is 98.7 Å². The number of nitrogens with zero attached hydrogens (tertiary/aromatic N) is 1. The minimum absolute atomic E-state index is 0.0641. The van der Waals surface area contributed by atoms with Crippen LogP contribution in [0.5, 0.6) is 0 Å². The van der Waals surface area contributed by atoms with E-state index in [2.05, 4.69) is 52.8 Å². The Hall–Kier alpha value is -2.98. The molecule has 0 bridgehead atoms. The van der Waals surface area contributed by atoms with E-state index in [1.807, 2.05) is 25.1 Å². The van der Waals surface area contributed by atoms with E-state index >= 15 is 0 Å². The molecule has 2 aromatic carbocycles. The maximum atomic E-state index is 13.1. The van der Waals surface area contributed by atoms with Gasteiger partial charge < -0.3 is 10.1 Å². The van der Waals surface area contributed by atoms with E-state index in [1.165, 1.54) is 29.5 Å². The first-order chi connectivity index (χ1) is 16.6. The molecule has 3 aliphatic rings. The van der Waals surface area contributed by atoms with Gasteiger partial charge in [0.1, 0.15) is 0 Å². The van der Waals surface area contributed by atoms with Crippen molar-refractivity contribution >= 4 is 11.6 Å². The normalized spacial score (nSPS) is 27.4. The number of nitrogens with one attached hydrogen (secondary N) is 1. The molecule has 2 aliphatic carbocycles. The average molecular weight is 453 g/mol. The number of anilines is 1. The number of benzene rings is 2. The van der Waals surface area contributed by atoms with Gasteiger partial charge in [0, 0.05) is 17.2 Å². The maximum absolute atomic E-state index is 13.1. The zero-order valence-electron chi connectivity index (χ0n) is 19.8. The van der Waals surface area contributed by atoms with Crippen LogP contribution in [0.4, 0.5) is 5.69 Å². The summed E-state index contributed by atoms with van der Waals surface area (Å²) in [7, 11) is 0. The molecule has 2 heterocycles. The summed E-state index contributed by atoms with van der Waals surface area (Å²) in [5.41, 5.74) is 6.80. The summed E-state index contributed by atoms with van der Waals surface area (Å²) >= 11 is 0. The quantitative estimate of drug-likeness (QED) is 0.492. The number of carbonyl (C=O) groups excluding carboxylic acids is 1. The molecule has 1 saturated heterocycles. The van der Waals surface area contributed by atoms with E-state index in [9.17, 15) is 4.79 Å². The van der Waals surface area contributed by atoms with Gasteiger partial charge in [0.15, 0.2) is 0 Å². The van der Waals surface area contributed by atoms with E-state index in [0.717, 1.165) is 55.7 Å². The van der Waals surface area contributed by atoms with Crippen molar-refractivity contribution in [1.82, 2.24) is 4.98 Å². The summed E-state index contributed by atoms with van der Waals surface area (Å²) in [6, 6.07) is 21.2. The number of aryl methyl sites for hydroxylation is 2. The topological polar surface area (TPSA) is 54.5 Å². The van der Waals surface area contributed by atoms with Gasteiger partial charge in [0.25, 0.3) is 5.91 Å². The monoisotopic (exact) mass is 452 g/mol. The number of hydrogen-bond donors (Lipinski definition) is 1. The number of rotatable bonds is 4. The lowest BCUT2D eigenvalue weighted by Crippen LogP contribution is -2.45. The fourth-order valence-corrected chi connectivity index (χ4v) is 6.56. The first kappa shape index (κ1) is 21.5. The molecule has 1 aliphatic heterocycles. The van der Waals surface area contributed by atoms with Crippen molar-refractivity contribution in [2.24, 2.45) is 5.92 Å². The Labute approximate surface area is 201 Å². The van der Waals surface area contributed by atoms with Crippen LogP contribution in [0.1, 0.15) is 64.8 Å². The summed E-state index contributed by atoms with van der Waals surface area (Å²) in [5, 5.41) is 3.06. The van der Waals surface area contributed by atoms with Crippen LogP contribution in [0.2, 0.25) is 0 Å². The predicted molar refractivity (Wildman–Crippen MR) is 134 cm³/mol. The number of fused-ring (bicyclic) bond motifs is 3. The van der Waals surface area contributed by atoms with Crippen LogP contribution in [0.15, 0.2) is 66.9 Å². The van der Waals surface area contributed by atoms with Gasteiger partial charge in [0.05, 0.1) is 23.6 Å². The third-order valence-electron chi connectivity index (χ3n) is 8.50. The van der Waals surface area contributed by atoms with Crippen LogP contribution < -0.4 is 5.32 Å². The molecule has 34 heavy (non-hydrogen) atoms. The van der Waals surface area contributed by atoms with E-state index in [1.54, 1.807) is 6.20 Å². The molecule has 1 saturated carbocycles. The van der Waals surface area contributed by atoms with E-state index < -0.39 is 0 Å². The van der Waals surface area contributed by atoms with Crippen LogP contribution in [0, 0.1) is 12.8 Å². The zero-order valence-corrected chi connectivity index (χ0v) is 19.8. The summed E-state index contributed by atoms with van der Waals surface area (Å²) < 4.78 is 5.97. The number of hydrogen-bond acceptors (Lipinski definition) is 3. The lowest BCUT2D eigenvalue weighted by molar-refractivity contribution is 0.0995. The maximum Gasteiger partial charge on any atom is 0.255 e. The minimum Gasteiger partial charge on any atom is -0.370 e. The number of carbonyl (C=O) groups is 1. The summed E-state index contributed by atoms with van der Waals surface area (Å²) in [6.07, 6.45) is 9.68. The smallest absolute Gasteiger partial charge is 0.255 e. The van der Waals surface area contributed by atoms with E-state index in [-0.39, 0.29) is 16.9 Å². The average Bonchev–Trinajstić information content (AvgIpc) is 3.63. The first-order valence-corrected chi connectivity index (χ1v) is 12.6. The molecule has 0 unspecified atom stereocenters. The van der Waals surface area contributed by atoms with Crippen LogP contribution in [-0.4, -0.2) is 23.1 Å². The molecular formula is C30H32N2O2. The number of amides is 1. The Kier molecular flexibility index (Phi) is 5.29. The molecule has 3 aromatic rings. The second-order valence-corrected chi connectivity index (χ2v) is 10.5. The lowest BCUT2D eigenvalue weighted by Gasteiger charge is -2.47. The van der Waals surface area contributed by atoms with Gasteiger partial charge in [-0.15, -0.1) is 0 Å². The molecule has 2 fully saturated rings. The summed E-state index contributed by atoms with van der Waals surface area (Å²) in [5.74, 6) is 0.550. The fraction of sp³-hybridized carbons (Fsp3) is 0.400. The Balaban J connectivity index is 1.37. The zero-order chi connectivity index (χ0) is 23.2. The van der Waals surface area contributed by atoms with Crippen molar-refractivity contribution in [2.45, 2.75) is 62.9 Å². The number of epoxide rings is 1. The van der Waals surface area contributed by atoms with Crippen molar-refractivity contribution in [3.8, 4) is 0 Å². The van der Waals surface area contributed by atoms with E-state index in [0.29, 0.717) is 5.92 Å². The van der Waals surface area contributed by atoms with Gasteiger partial charge in [-0.3, -0.25) is 9.78 Å². The van der Waals surface area contributed by atoms with Gasteiger partial charge >= 0.3 is 0 Å². The lowest BCUT2D eigenvalue weighted by atomic mass is 9.57. The Bertz CT molecular complexity index is 1220. The number of pyridine rings is 1. The van der Waals surface area contributed by atoms with Crippen molar-refractivity contribution in [3.63, 3.8) is 0 Å². The molecule has 1 amide bonds. The molecule has 0 radical (unpaired) electrons. The highest BCUT2D eigenvalue weighted by Crippen LogP contribution is 2.57. The molecular weight excluding hydrogens is 420 g/mol. The van der Waals surface area contributed by atoms with Gasteiger partial charge in [-0.2, -0.15) is 0 Å². The molecule has 1 spiro atoms. The van der Waals surface area contributed by atoms with Crippen molar-refractivity contribution < 1.29 is 9.53 Å². The minimum atomic E-state index is -0.0641. The van der Waals surface area contributed by atoms with E-state index in [4.69, 9.17) is 4.74 Å². The third kappa shape index (κ3) is 3.84. The largest absolute Gasteiger partial charge is 0.370 e. The van der Waals surface area contributed by atoms with Crippen molar-refractivity contribution in [1.29, 1.82) is 0 Å². The van der Waals surface area contributed by atoms with Gasteiger partial charge in [0.2, 0.25) is 0 Å². The summed E-state index contributed by atoms with van der Waals surface area (Å²) in [6.45, 7) is 2.85. The molecule has 4 nitrogen and oxygen atoms in total. The Morgan fingerprint density at radius 3 is 2.76 bits per heavy atom. The van der Waals surface area contributed by atoms with Crippen LogP contribution in [0.25, 0.3) is 0 Å². The molecule has 1 aromatic heterocycles. The highest BCUT2D eigenvalue weighted by Gasteiger charge is 2.56. The van der Waals surface area contributed by atoms with Gasteiger partial charge in [-0.25, -0.2) is 0 Å². The first-order valence-electron chi connectivity index (χ1n) is 12.6. The van der Waals surface area contributed by atoms with Crippen LogP contribution in [-0.2, 0) is 23.0 Å². The predicted octanol–water partition coefficient (Wildman–Crippen LogP) is 6.03. The van der Waals surface area contributed by atoms with Crippen LogP contribution in [0.3, 0.4) is 0 Å². The molecule has 1 N–H and O–H groups in total. The molecule has 4 heteroatoms. The second kappa shape index (κ2) is 8.35. The highest BCUT2D eigenvalue weighted by molar-refractivity contribution is 6.04. The van der Waals surface area contributed by atoms with Crippen molar-refractivity contribution in [3.05, 3.63) is 94.8 Å². The Morgan fingerprint density at radius 1 is 1.12 bits per heavy atom. The number of ether oxygens (including phenoxy) is 1. The molecule has 3 atom stereocenters. The fourth-order valence-electron chi connectivity index (χ4n) is 6.56. The Morgan fingerprint density at radius 2 is 1.97 bits per heavy atom. The third-order valence-corrected chi connectivity index (χ3v) is 8.50. The standard InChI is InChI=1S/C30H32N2O2/c1-21-27(11-6-16-31-21)32-28(33)24-12-13-26-23(17-24)9-5-10-25-19-29(20-34-29)14-15-30(25,26)18-22-7-3-2-4-8-22/h2-4,6-8,11-13,16-17,25H,5,9-10,14-15,18-20H2,1H3,(H,32,33)/t25-,29+,30-/m0/s1. The van der Waals surface area contributed by atoms with Gasteiger partial charge in [-0.1, -0.05) is 36.4 Å². The molecule has 6 rings (SSSR count). The van der Waals surface area contributed by atoms with Crippen molar-refractivity contribution in [2.75, 3.05) is 11.9 Å². The molecule has 174 valence electrons. The SMILES string of the molecule is Cc1ncccc1NC(=O)c1ccc2c(c1)CCC[C@H]1C[C@]3(CC[C@@]21Cc1ccccc1)CO3. The highest BCUT2D eigenvalue weighted by atomic mass is 16.6. The summed E-state index contributed by atoms with van der Waals surface area (Å²) in [4.78, 5) is 17.4. The van der Waals surface area contributed by atoms with Crippen LogP contribution >= 0.6 is 0 Å². The second-order valence-electron chi connectivity index (χ2n) is 10.5. The number of aromatic nitrogens is 1.